The molecule has 27 heavy (non-hydrogen) atoms. The Labute approximate surface area is 164 Å². The Kier molecular flexibility index (Phi) is 12.5. The summed E-state index contributed by atoms with van der Waals surface area (Å²) in [5.41, 5.74) is -0.226. The van der Waals surface area contributed by atoms with Gasteiger partial charge in [0.1, 0.15) is 5.76 Å². The molecule has 5 nitrogen and oxygen atoms in total. The standard InChI is InChI=1S/C22H40O5/c1-7-16(6)21(26)20(19(25)12-18(24)11-9-15(4)5)22(27)17(13-23)10-8-14(2)3/h14-18,23-24,27H,7-13H2,1-6H3/t16?,17?,18-/m0/s1. The lowest BCUT2D eigenvalue weighted by atomic mass is 9.86. The third-order valence-corrected chi connectivity index (χ3v) is 5.04. The molecule has 3 N–H and O–H groups in total. The minimum atomic E-state index is -0.837. The van der Waals surface area contributed by atoms with Crippen molar-refractivity contribution < 1.29 is 24.9 Å². The van der Waals surface area contributed by atoms with Crippen LogP contribution in [0.15, 0.2) is 11.3 Å². The maximum Gasteiger partial charge on any atom is 0.172 e. The van der Waals surface area contributed by atoms with Gasteiger partial charge in [-0.1, -0.05) is 48.0 Å². The molecule has 0 aromatic rings. The topological polar surface area (TPSA) is 94.8 Å². The Morgan fingerprint density at radius 1 is 0.889 bits per heavy atom. The third-order valence-electron chi connectivity index (χ3n) is 5.04. The van der Waals surface area contributed by atoms with Crippen LogP contribution in [-0.4, -0.2) is 39.6 Å². The summed E-state index contributed by atoms with van der Waals surface area (Å²) in [7, 11) is 0. The highest BCUT2D eigenvalue weighted by atomic mass is 16.3. The molecule has 0 bridgehead atoms. The fourth-order valence-corrected chi connectivity index (χ4v) is 2.84. The van der Waals surface area contributed by atoms with E-state index in [2.05, 4.69) is 0 Å². The summed E-state index contributed by atoms with van der Waals surface area (Å²) in [5, 5.41) is 30.5. The second kappa shape index (κ2) is 13.1. The average molecular weight is 385 g/mol. The van der Waals surface area contributed by atoms with Crippen LogP contribution in [0, 0.1) is 23.7 Å². The van der Waals surface area contributed by atoms with Crippen molar-refractivity contribution in [1.82, 2.24) is 0 Å². The number of Topliss-reactive ketones (excluding diaryl/α,β-unsaturated/α-hetero) is 2. The Bertz CT molecular complexity index is 493. The second-order valence-electron chi connectivity index (χ2n) is 8.54. The van der Waals surface area contributed by atoms with Gasteiger partial charge in [-0.25, -0.2) is 0 Å². The summed E-state index contributed by atoms with van der Waals surface area (Å²) in [5.74, 6) is -1.49. The molecule has 0 rings (SSSR count). The zero-order chi connectivity index (χ0) is 21.1. The molecule has 5 heteroatoms. The quantitative estimate of drug-likeness (QED) is 0.180. The van der Waals surface area contributed by atoms with Gasteiger partial charge in [0.2, 0.25) is 0 Å². The van der Waals surface area contributed by atoms with Crippen LogP contribution in [0.1, 0.15) is 80.1 Å². The van der Waals surface area contributed by atoms with Crippen LogP contribution >= 0.6 is 0 Å². The van der Waals surface area contributed by atoms with Crippen molar-refractivity contribution in [2.75, 3.05) is 6.61 Å². The lowest BCUT2D eigenvalue weighted by Crippen LogP contribution is -2.27. The number of carbonyl (C=O) groups excluding carboxylic acids is 2. The molecule has 3 atom stereocenters. The molecule has 0 aromatic carbocycles. The maximum atomic E-state index is 12.8. The van der Waals surface area contributed by atoms with E-state index in [9.17, 15) is 24.9 Å². The predicted molar refractivity (Wildman–Crippen MR) is 108 cm³/mol. The van der Waals surface area contributed by atoms with Gasteiger partial charge in [-0.05, 0) is 37.5 Å². The smallest absolute Gasteiger partial charge is 0.172 e. The van der Waals surface area contributed by atoms with Crippen molar-refractivity contribution in [3.8, 4) is 0 Å². The van der Waals surface area contributed by atoms with Crippen LogP contribution in [-0.2, 0) is 9.59 Å². The maximum absolute atomic E-state index is 12.8. The lowest BCUT2D eigenvalue weighted by molar-refractivity contribution is -0.124. The fraction of sp³-hybridized carbons (Fsp3) is 0.818. The normalized spacial score (nSPS) is 16.2. The summed E-state index contributed by atoms with van der Waals surface area (Å²) >= 11 is 0. The number of rotatable bonds is 14. The Morgan fingerprint density at radius 2 is 1.41 bits per heavy atom. The third kappa shape index (κ3) is 9.52. The second-order valence-corrected chi connectivity index (χ2v) is 8.54. The highest BCUT2D eigenvalue weighted by molar-refractivity contribution is 6.21. The van der Waals surface area contributed by atoms with Crippen molar-refractivity contribution in [3.63, 3.8) is 0 Å². The molecule has 2 unspecified atom stereocenters. The molecule has 158 valence electrons. The van der Waals surface area contributed by atoms with Crippen molar-refractivity contribution in [2.45, 2.75) is 86.2 Å². The number of carbonyl (C=O) groups is 2. The van der Waals surface area contributed by atoms with E-state index in [0.717, 1.165) is 12.8 Å². The average Bonchev–Trinajstić information content (AvgIpc) is 2.59. The molecule has 0 aliphatic heterocycles. The van der Waals surface area contributed by atoms with Crippen molar-refractivity contribution in [2.24, 2.45) is 23.7 Å². The zero-order valence-electron chi connectivity index (χ0n) is 18.0. The highest BCUT2D eigenvalue weighted by Gasteiger charge is 2.30. The summed E-state index contributed by atoms with van der Waals surface area (Å²) < 4.78 is 0. The summed E-state index contributed by atoms with van der Waals surface area (Å²) in [6.45, 7) is 11.4. The van der Waals surface area contributed by atoms with Crippen molar-refractivity contribution >= 4 is 11.6 Å². The molecule has 0 radical (unpaired) electrons. The molecule has 0 heterocycles. The first-order valence-corrected chi connectivity index (χ1v) is 10.3. The van der Waals surface area contributed by atoms with Crippen LogP contribution < -0.4 is 0 Å². The number of ketones is 2. The van der Waals surface area contributed by atoms with Gasteiger partial charge < -0.3 is 15.3 Å². The Morgan fingerprint density at radius 3 is 1.85 bits per heavy atom. The lowest BCUT2D eigenvalue weighted by Gasteiger charge is -2.20. The monoisotopic (exact) mass is 384 g/mol. The SMILES string of the molecule is CCC(C)C(=O)C(C(=O)C[C@@H](O)CCC(C)C)=C(O)C(CO)CCC(C)C. The van der Waals surface area contributed by atoms with Gasteiger partial charge in [0.25, 0.3) is 0 Å². The molecular formula is C22H40O5. The van der Waals surface area contributed by atoms with E-state index in [4.69, 9.17) is 0 Å². The van der Waals surface area contributed by atoms with Crippen LogP contribution in [0.4, 0.5) is 0 Å². The van der Waals surface area contributed by atoms with E-state index < -0.39 is 29.5 Å². The van der Waals surface area contributed by atoms with E-state index >= 15 is 0 Å². The van der Waals surface area contributed by atoms with Crippen LogP contribution in [0.3, 0.4) is 0 Å². The molecule has 0 spiro atoms. The largest absolute Gasteiger partial charge is 0.511 e. The molecule has 0 amide bonds. The molecule has 0 saturated heterocycles. The zero-order valence-corrected chi connectivity index (χ0v) is 18.0. The first kappa shape index (κ1) is 25.8. The summed E-state index contributed by atoms with van der Waals surface area (Å²) in [6.07, 6.45) is 2.06. The van der Waals surface area contributed by atoms with Crippen LogP contribution in [0.2, 0.25) is 0 Å². The number of allylic oxidation sites excluding steroid dienone is 1. The molecule has 0 aromatic heterocycles. The van der Waals surface area contributed by atoms with Gasteiger partial charge >= 0.3 is 0 Å². The highest BCUT2D eigenvalue weighted by Crippen LogP contribution is 2.25. The van der Waals surface area contributed by atoms with Crippen LogP contribution in [0.25, 0.3) is 0 Å². The van der Waals surface area contributed by atoms with E-state index in [0.29, 0.717) is 31.1 Å². The molecule has 0 saturated carbocycles. The van der Waals surface area contributed by atoms with Gasteiger partial charge in [0.05, 0.1) is 18.3 Å². The Hall–Kier alpha value is -1.20. The minimum Gasteiger partial charge on any atom is -0.511 e. The van der Waals surface area contributed by atoms with E-state index in [1.54, 1.807) is 6.92 Å². The Balaban J connectivity index is 5.59. The summed E-state index contributed by atoms with van der Waals surface area (Å²) in [4.78, 5) is 25.5. The van der Waals surface area contributed by atoms with Crippen molar-refractivity contribution in [3.05, 3.63) is 11.3 Å². The number of aliphatic hydroxyl groups is 3. The summed E-state index contributed by atoms with van der Waals surface area (Å²) in [6, 6.07) is 0. The first-order valence-electron chi connectivity index (χ1n) is 10.3. The molecular weight excluding hydrogens is 344 g/mol. The van der Waals surface area contributed by atoms with Crippen molar-refractivity contribution in [1.29, 1.82) is 0 Å². The molecule has 0 aliphatic rings. The van der Waals surface area contributed by atoms with Gasteiger partial charge in [0, 0.05) is 18.3 Å². The van der Waals surface area contributed by atoms with Gasteiger partial charge in [-0.15, -0.1) is 0 Å². The number of aliphatic hydroxyl groups excluding tert-OH is 3. The first-order chi connectivity index (χ1) is 12.5. The number of hydrogen-bond donors (Lipinski definition) is 3. The van der Waals surface area contributed by atoms with E-state index in [1.165, 1.54) is 0 Å². The number of hydrogen-bond acceptors (Lipinski definition) is 5. The molecule has 0 fully saturated rings. The van der Waals surface area contributed by atoms with E-state index in [1.807, 2.05) is 34.6 Å². The fourth-order valence-electron chi connectivity index (χ4n) is 2.84. The van der Waals surface area contributed by atoms with Crippen LogP contribution in [0.5, 0.6) is 0 Å². The van der Waals surface area contributed by atoms with Gasteiger partial charge in [-0.3, -0.25) is 9.59 Å². The predicted octanol–water partition coefficient (Wildman–Crippen LogP) is 4.21. The van der Waals surface area contributed by atoms with E-state index in [-0.39, 0.29) is 24.4 Å². The van der Waals surface area contributed by atoms with Gasteiger partial charge in [-0.2, -0.15) is 0 Å². The molecule has 0 aliphatic carbocycles. The van der Waals surface area contributed by atoms with Gasteiger partial charge in [0.15, 0.2) is 11.6 Å². The minimum absolute atomic E-state index is 0.184.